The Morgan fingerprint density at radius 1 is 1.20 bits per heavy atom. The minimum Gasteiger partial charge on any atom is -0.396 e. The minimum absolute atomic E-state index is 0.00985. The van der Waals surface area contributed by atoms with Gasteiger partial charge in [0.25, 0.3) is 5.91 Å². The fraction of sp³-hybridized carbons (Fsp3) is 0.667. The Morgan fingerprint density at radius 2 is 1.83 bits per heavy atom. The van der Waals surface area contributed by atoms with Crippen LogP contribution in [0.3, 0.4) is 0 Å². The highest BCUT2D eigenvalue weighted by Crippen LogP contribution is 2.19. The van der Waals surface area contributed by atoms with Crippen molar-refractivity contribution >= 4 is 17.5 Å². The van der Waals surface area contributed by atoms with Gasteiger partial charge >= 0.3 is 0 Å². The van der Waals surface area contributed by atoms with E-state index < -0.39 is 6.04 Å². The summed E-state index contributed by atoms with van der Waals surface area (Å²) in [6, 6.07) is 7.07. The zero-order chi connectivity index (χ0) is 22.1. The lowest BCUT2D eigenvalue weighted by Gasteiger charge is -2.34. The van der Waals surface area contributed by atoms with E-state index in [1.165, 1.54) is 0 Å². The van der Waals surface area contributed by atoms with Gasteiger partial charge in [-0.15, -0.1) is 0 Å². The summed E-state index contributed by atoms with van der Waals surface area (Å²) in [4.78, 5) is 30.0. The average molecular weight is 418 g/mol. The lowest BCUT2D eigenvalue weighted by atomic mass is 9.96. The van der Waals surface area contributed by atoms with E-state index >= 15 is 0 Å². The number of unbranched alkanes of at least 4 members (excludes halogenated alkanes) is 1. The molecular formula is C24H39N3O3. The first-order valence-electron chi connectivity index (χ1n) is 11.4. The van der Waals surface area contributed by atoms with E-state index in [2.05, 4.69) is 38.0 Å². The molecule has 0 spiro atoms. The lowest BCUT2D eigenvalue weighted by Crippen LogP contribution is -2.51. The van der Waals surface area contributed by atoms with Gasteiger partial charge in [-0.25, -0.2) is 0 Å². The van der Waals surface area contributed by atoms with Gasteiger partial charge in [-0.1, -0.05) is 27.2 Å². The van der Waals surface area contributed by atoms with Gasteiger partial charge < -0.3 is 20.2 Å². The molecule has 1 heterocycles. The number of anilines is 1. The van der Waals surface area contributed by atoms with Gasteiger partial charge in [-0.3, -0.25) is 9.59 Å². The van der Waals surface area contributed by atoms with Crippen LogP contribution in [-0.2, 0) is 4.79 Å². The van der Waals surface area contributed by atoms with Gasteiger partial charge in [0.05, 0.1) is 0 Å². The molecule has 1 aliphatic rings. The molecule has 0 bridgehead atoms. The van der Waals surface area contributed by atoms with Gasteiger partial charge in [0.15, 0.2) is 0 Å². The van der Waals surface area contributed by atoms with E-state index in [-0.39, 0.29) is 24.3 Å². The molecule has 0 aliphatic carbocycles. The summed E-state index contributed by atoms with van der Waals surface area (Å²) in [6.07, 6.45) is 4.53. The normalized spacial score (nSPS) is 15.9. The SMILES string of the molecule is CCCCN(C)c1ccc(C(=O)N[C@@H](CC(C)C)C(=O)N2CCC(CO)CC2)cc1. The van der Waals surface area contributed by atoms with Crippen LogP contribution in [0, 0.1) is 11.8 Å². The third-order valence-electron chi connectivity index (χ3n) is 5.91. The number of nitrogens with zero attached hydrogens (tertiary/aromatic N) is 2. The predicted octanol–water partition coefficient (Wildman–Crippen LogP) is 3.30. The number of amides is 2. The Morgan fingerprint density at radius 3 is 2.37 bits per heavy atom. The fourth-order valence-electron chi connectivity index (χ4n) is 3.88. The number of piperidine rings is 1. The van der Waals surface area contributed by atoms with Crippen molar-refractivity contribution in [2.24, 2.45) is 11.8 Å². The van der Waals surface area contributed by atoms with Gasteiger partial charge in [0.2, 0.25) is 5.91 Å². The van der Waals surface area contributed by atoms with Crippen LogP contribution in [0.1, 0.15) is 63.2 Å². The smallest absolute Gasteiger partial charge is 0.251 e. The molecule has 6 heteroatoms. The predicted molar refractivity (Wildman–Crippen MR) is 122 cm³/mol. The molecule has 2 rings (SSSR count). The van der Waals surface area contributed by atoms with Crippen LogP contribution >= 0.6 is 0 Å². The molecule has 1 aromatic carbocycles. The summed E-state index contributed by atoms with van der Waals surface area (Å²) in [7, 11) is 2.06. The van der Waals surface area contributed by atoms with Gasteiger partial charge in [0.1, 0.15) is 6.04 Å². The zero-order valence-electron chi connectivity index (χ0n) is 19.1. The number of likely N-dealkylation sites (tertiary alicyclic amines) is 1. The largest absolute Gasteiger partial charge is 0.396 e. The highest BCUT2D eigenvalue weighted by molar-refractivity contribution is 5.97. The monoisotopic (exact) mass is 417 g/mol. The van der Waals surface area contributed by atoms with Crippen LogP contribution in [-0.4, -0.2) is 61.2 Å². The summed E-state index contributed by atoms with van der Waals surface area (Å²) >= 11 is 0. The van der Waals surface area contributed by atoms with Crippen LogP contribution in [0.2, 0.25) is 0 Å². The van der Waals surface area contributed by atoms with Crippen molar-refractivity contribution in [3.63, 3.8) is 0 Å². The second kappa shape index (κ2) is 11.9. The first-order valence-corrected chi connectivity index (χ1v) is 11.4. The van der Waals surface area contributed by atoms with E-state index in [9.17, 15) is 14.7 Å². The third-order valence-corrected chi connectivity index (χ3v) is 5.91. The molecule has 0 radical (unpaired) electrons. The molecule has 1 saturated heterocycles. The lowest BCUT2D eigenvalue weighted by molar-refractivity contribution is -0.135. The zero-order valence-corrected chi connectivity index (χ0v) is 19.1. The molecule has 2 amide bonds. The summed E-state index contributed by atoms with van der Waals surface area (Å²) in [5.74, 6) is 0.358. The molecule has 1 fully saturated rings. The van der Waals surface area contributed by atoms with Crippen LogP contribution in [0.4, 0.5) is 5.69 Å². The Bertz CT molecular complexity index is 667. The molecule has 0 unspecified atom stereocenters. The second-order valence-electron chi connectivity index (χ2n) is 8.93. The van der Waals surface area contributed by atoms with Crippen LogP contribution in [0.25, 0.3) is 0 Å². The maximum absolute atomic E-state index is 13.1. The number of hydrogen-bond donors (Lipinski definition) is 2. The Kier molecular flexibility index (Phi) is 9.63. The van der Waals surface area contributed by atoms with E-state index in [0.29, 0.717) is 31.0 Å². The topological polar surface area (TPSA) is 72.9 Å². The van der Waals surface area contributed by atoms with Gasteiger partial charge in [-0.2, -0.15) is 0 Å². The quantitative estimate of drug-likeness (QED) is 0.613. The van der Waals surface area contributed by atoms with E-state index in [0.717, 1.165) is 37.9 Å². The second-order valence-corrected chi connectivity index (χ2v) is 8.93. The van der Waals surface area contributed by atoms with Crippen LogP contribution in [0.15, 0.2) is 24.3 Å². The van der Waals surface area contributed by atoms with E-state index in [1.807, 2.05) is 29.2 Å². The number of nitrogens with one attached hydrogen (secondary N) is 1. The van der Waals surface area contributed by atoms with E-state index in [4.69, 9.17) is 0 Å². The minimum atomic E-state index is -0.518. The molecule has 2 N–H and O–H groups in total. The van der Waals surface area contributed by atoms with Crippen molar-refractivity contribution in [1.29, 1.82) is 0 Å². The maximum Gasteiger partial charge on any atom is 0.251 e. The number of aliphatic hydroxyl groups is 1. The van der Waals surface area contributed by atoms with Crippen molar-refractivity contribution in [2.75, 3.05) is 38.2 Å². The number of carbonyl (C=O) groups is 2. The van der Waals surface area contributed by atoms with Crippen molar-refractivity contribution in [3.05, 3.63) is 29.8 Å². The summed E-state index contributed by atoms with van der Waals surface area (Å²) in [5.41, 5.74) is 1.66. The first-order chi connectivity index (χ1) is 14.3. The Labute approximate surface area is 181 Å². The molecule has 1 aliphatic heterocycles. The van der Waals surface area contributed by atoms with Crippen molar-refractivity contribution in [2.45, 2.75) is 58.9 Å². The molecule has 6 nitrogen and oxygen atoms in total. The van der Waals surface area contributed by atoms with Gasteiger partial charge in [-0.05, 0) is 61.8 Å². The summed E-state index contributed by atoms with van der Waals surface area (Å²) in [5, 5.41) is 12.3. The highest BCUT2D eigenvalue weighted by atomic mass is 16.3. The number of hydrogen-bond acceptors (Lipinski definition) is 4. The average Bonchev–Trinajstić information content (AvgIpc) is 2.76. The van der Waals surface area contributed by atoms with Crippen LogP contribution < -0.4 is 10.2 Å². The summed E-state index contributed by atoms with van der Waals surface area (Å²) < 4.78 is 0. The Balaban J connectivity index is 2.01. The van der Waals surface area contributed by atoms with Crippen LogP contribution in [0.5, 0.6) is 0 Å². The third kappa shape index (κ3) is 7.01. The molecule has 168 valence electrons. The number of benzene rings is 1. The maximum atomic E-state index is 13.1. The summed E-state index contributed by atoms with van der Waals surface area (Å²) in [6.45, 7) is 8.75. The fourth-order valence-corrected chi connectivity index (χ4v) is 3.88. The molecule has 1 aromatic rings. The number of aliphatic hydroxyl groups excluding tert-OH is 1. The van der Waals surface area contributed by atoms with Crippen molar-refractivity contribution < 1.29 is 14.7 Å². The molecular weight excluding hydrogens is 378 g/mol. The molecule has 0 saturated carbocycles. The number of carbonyl (C=O) groups excluding carboxylic acids is 2. The Hall–Kier alpha value is -2.08. The molecule has 0 aromatic heterocycles. The van der Waals surface area contributed by atoms with Crippen molar-refractivity contribution in [3.8, 4) is 0 Å². The van der Waals surface area contributed by atoms with Gasteiger partial charge in [0, 0.05) is 44.5 Å². The van der Waals surface area contributed by atoms with E-state index in [1.54, 1.807) is 0 Å². The van der Waals surface area contributed by atoms with Crippen molar-refractivity contribution in [1.82, 2.24) is 10.2 Å². The molecule has 30 heavy (non-hydrogen) atoms. The number of rotatable bonds is 10. The standard InChI is InChI=1S/C24H39N3O3/c1-5-6-13-26(4)21-9-7-20(8-10-21)23(29)25-22(16-18(2)3)24(30)27-14-11-19(17-28)12-15-27/h7-10,18-19,22,28H,5-6,11-17H2,1-4H3,(H,25,29)/t22-/m0/s1. The molecule has 1 atom stereocenters. The first kappa shape index (κ1) is 24.2. The highest BCUT2D eigenvalue weighted by Gasteiger charge is 2.29.